The molecule has 0 bridgehead atoms. The van der Waals surface area contributed by atoms with Crippen LogP contribution in [0.2, 0.25) is 0 Å². The predicted molar refractivity (Wildman–Crippen MR) is 87.8 cm³/mol. The van der Waals surface area contributed by atoms with Gasteiger partial charge in [0, 0.05) is 17.8 Å². The summed E-state index contributed by atoms with van der Waals surface area (Å²) >= 11 is 0. The third-order valence-corrected chi connectivity index (χ3v) is 3.70. The first-order valence-corrected chi connectivity index (χ1v) is 7.74. The van der Waals surface area contributed by atoms with Crippen LogP contribution >= 0.6 is 0 Å². The van der Waals surface area contributed by atoms with Crippen molar-refractivity contribution in [1.29, 1.82) is 0 Å². The van der Waals surface area contributed by atoms with Crippen LogP contribution in [0.4, 0.5) is 0 Å². The molecule has 0 amide bonds. The average Bonchev–Trinajstić information content (AvgIpc) is 2.91. The number of ether oxygens (including phenoxy) is 1. The van der Waals surface area contributed by atoms with E-state index in [4.69, 9.17) is 0 Å². The molecule has 2 aromatic rings. The lowest BCUT2D eigenvalue weighted by Crippen LogP contribution is -2.26. The summed E-state index contributed by atoms with van der Waals surface area (Å²) in [5.74, 6) is 0.711. The average molecular weight is 303 g/mol. The van der Waals surface area contributed by atoms with Crippen molar-refractivity contribution >= 4 is 17.4 Å². The minimum atomic E-state index is -0.318. The Bertz CT molecular complexity index is 595. The molecule has 0 atom stereocenters. The number of pyridine rings is 1. The molecule has 0 unspecified atom stereocenters. The molecular formula is C17H25N3O2. The van der Waals surface area contributed by atoms with Crippen LogP contribution in [0.15, 0.2) is 24.7 Å². The molecule has 3 heterocycles. The highest BCUT2D eigenvalue weighted by Crippen LogP contribution is 2.30. The topological polar surface area (TPSA) is 67.0 Å². The Morgan fingerprint density at radius 3 is 2.64 bits per heavy atom. The lowest BCUT2D eigenvalue weighted by molar-refractivity contribution is -0.138. The second-order valence-corrected chi connectivity index (χ2v) is 6.52. The smallest absolute Gasteiger partial charge is 0.293 e. The Kier molecular flexibility index (Phi) is 5.55. The maximum absolute atomic E-state index is 9.60. The number of carbonyl (C=O) groups is 1. The second-order valence-electron chi connectivity index (χ2n) is 6.52. The SMILES string of the molecule is CC(C)(C)OC=O.c1cc2c(C3CCNCC3)c[nH]c2cn1. The Labute approximate surface area is 131 Å². The largest absolute Gasteiger partial charge is 0.462 e. The summed E-state index contributed by atoms with van der Waals surface area (Å²) in [6.45, 7) is 8.20. The molecule has 0 aliphatic carbocycles. The highest BCUT2D eigenvalue weighted by atomic mass is 16.5. The van der Waals surface area contributed by atoms with Crippen LogP contribution in [0.25, 0.3) is 10.9 Å². The summed E-state index contributed by atoms with van der Waals surface area (Å²) in [6, 6.07) is 2.11. The van der Waals surface area contributed by atoms with E-state index in [0.717, 1.165) is 18.6 Å². The number of aromatic nitrogens is 2. The molecule has 1 fully saturated rings. The van der Waals surface area contributed by atoms with Gasteiger partial charge in [-0.15, -0.1) is 0 Å². The molecule has 22 heavy (non-hydrogen) atoms. The number of hydrogen-bond acceptors (Lipinski definition) is 4. The van der Waals surface area contributed by atoms with Crippen molar-refractivity contribution in [3.63, 3.8) is 0 Å². The number of piperidine rings is 1. The number of nitrogens with zero attached hydrogens (tertiary/aromatic N) is 1. The van der Waals surface area contributed by atoms with E-state index in [0.29, 0.717) is 12.4 Å². The van der Waals surface area contributed by atoms with Crippen molar-refractivity contribution in [1.82, 2.24) is 15.3 Å². The molecular weight excluding hydrogens is 278 g/mol. The molecule has 2 aromatic heterocycles. The van der Waals surface area contributed by atoms with Gasteiger partial charge in [0.25, 0.3) is 6.47 Å². The van der Waals surface area contributed by atoms with Crippen LogP contribution in [-0.4, -0.2) is 35.1 Å². The summed E-state index contributed by atoms with van der Waals surface area (Å²) < 4.78 is 4.55. The van der Waals surface area contributed by atoms with Crippen LogP contribution in [0.5, 0.6) is 0 Å². The van der Waals surface area contributed by atoms with Crippen LogP contribution in [0.3, 0.4) is 0 Å². The molecule has 1 aliphatic rings. The van der Waals surface area contributed by atoms with E-state index in [1.165, 1.54) is 23.8 Å². The molecule has 3 rings (SSSR count). The normalized spacial score (nSPS) is 16.0. The van der Waals surface area contributed by atoms with E-state index in [-0.39, 0.29) is 5.60 Å². The number of carbonyl (C=O) groups excluding carboxylic acids is 1. The van der Waals surface area contributed by atoms with Crippen LogP contribution in [0, 0.1) is 0 Å². The van der Waals surface area contributed by atoms with E-state index in [9.17, 15) is 4.79 Å². The monoisotopic (exact) mass is 303 g/mol. The third-order valence-electron chi connectivity index (χ3n) is 3.70. The van der Waals surface area contributed by atoms with Crippen molar-refractivity contribution in [3.8, 4) is 0 Å². The van der Waals surface area contributed by atoms with Crippen molar-refractivity contribution in [2.75, 3.05) is 13.1 Å². The number of aromatic amines is 1. The van der Waals surface area contributed by atoms with Gasteiger partial charge in [0.15, 0.2) is 0 Å². The lowest BCUT2D eigenvalue weighted by atomic mass is 9.90. The highest BCUT2D eigenvalue weighted by molar-refractivity contribution is 5.82. The van der Waals surface area contributed by atoms with Crippen LogP contribution in [-0.2, 0) is 9.53 Å². The number of rotatable bonds is 2. The van der Waals surface area contributed by atoms with Crippen LogP contribution < -0.4 is 5.32 Å². The van der Waals surface area contributed by atoms with E-state index in [1.54, 1.807) is 0 Å². The van der Waals surface area contributed by atoms with Gasteiger partial charge in [-0.1, -0.05) is 0 Å². The Morgan fingerprint density at radius 2 is 2.05 bits per heavy atom. The summed E-state index contributed by atoms with van der Waals surface area (Å²) in [5.41, 5.74) is 2.31. The van der Waals surface area contributed by atoms with Gasteiger partial charge >= 0.3 is 0 Å². The molecule has 0 radical (unpaired) electrons. The quantitative estimate of drug-likeness (QED) is 0.837. The van der Waals surface area contributed by atoms with Crippen LogP contribution in [0.1, 0.15) is 45.1 Å². The minimum absolute atomic E-state index is 0.318. The first-order chi connectivity index (χ1) is 10.5. The molecule has 5 heteroatoms. The number of nitrogens with one attached hydrogen (secondary N) is 2. The fraction of sp³-hybridized carbons (Fsp3) is 0.529. The van der Waals surface area contributed by atoms with E-state index < -0.39 is 0 Å². The minimum Gasteiger partial charge on any atom is -0.462 e. The zero-order valence-electron chi connectivity index (χ0n) is 13.6. The van der Waals surface area contributed by atoms with Crippen molar-refractivity contribution < 1.29 is 9.53 Å². The van der Waals surface area contributed by atoms with E-state index in [1.807, 2.05) is 33.2 Å². The predicted octanol–water partition coefficient (Wildman–Crippen LogP) is 2.99. The Balaban J connectivity index is 0.000000217. The Morgan fingerprint density at radius 1 is 1.32 bits per heavy atom. The molecule has 1 aliphatic heterocycles. The maximum atomic E-state index is 9.60. The molecule has 0 aromatic carbocycles. The van der Waals surface area contributed by atoms with Gasteiger partial charge in [-0.05, 0) is 64.3 Å². The summed E-state index contributed by atoms with van der Waals surface area (Å²) in [4.78, 5) is 17.0. The summed E-state index contributed by atoms with van der Waals surface area (Å²) in [6.07, 6.45) is 8.42. The lowest BCUT2D eigenvalue weighted by Gasteiger charge is -2.22. The maximum Gasteiger partial charge on any atom is 0.293 e. The van der Waals surface area contributed by atoms with Gasteiger partial charge < -0.3 is 15.0 Å². The highest BCUT2D eigenvalue weighted by Gasteiger charge is 2.18. The summed E-state index contributed by atoms with van der Waals surface area (Å²) in [5, 5.41) is 4.75. The standard InChI is InChI=1S/C12H15N3.C5H10O2/c1-4-13-5-2-9(1)11-7-15-12-8-14-6-3-10(11)12;1-5(2,3)7-4-6/h3,6-9,13,15H,1-2,4-5H2;4H,1-3H3. The van der Waals surface area contributed by atoms with E-state index in [2.05, 4.69) is 32.3 Å². The summed E-state index contributed by atoms with van der Waals surface area (Å²) in [7, 11) is 0. The Hall–Kier alpha value is -1.88. The first-order valence-electron chi connectivity index (χ1n) is 7.74. The van der Waals surface area contributed by atoms with Crippen molar-refractivity contribution in [3.05, 3.63) is 30.2 Å². The molecule has 0 saturated carbocycles. The molecule has 5 nitrogen and oxygen atoms in total. The molecule has 0 spiro atoms. The zero-order chi connectivity index (χ0) is 16.0. The number of fused-ring (bicyclic) bond motifs is 1. The molecule has 120 valence electrons. The third kappa shape index (κ3) is 4.56. The van der Waals surface area contributed by atoms with Gasteiger partial charge in [0.2, 0.25) is 0 Å². The molecule has 2 N–H and O–H groups in total. The van der Waals surface area contributed by atoms with Crippen molar-refractivity contribution in [2.24, 2.45) is 0 Å². The van der Waals surface area contributed by atoms with Gasteiger partial charge in [-0.25, -0.2) is 0 Å². The number of hydrogen-bond donors (Lipinski definition) is 2. The van der Waals surface area contributed by atoms with Gasteiger partial charge in [0.05, 0.1) is 11.7 Å². The zero-order valence-corrected chi connectivity index (χ0v) is 13.6. The first kappa shape index (κ1) is 16.5. The molecule has 1 saturated heterocycles. The van der Waals surface area contributed by atoms with E-state index >= 15 is 0 Å². The van der Waals surface area contributed by atoms with Crippen molar-refractivity contribution in [2.45, 2.75) is 45.1 Å². The number of H-pyrrole nitrogens is 1. The van der Waals surface area contributed by atoms with Gasteiger partial charge in [-0.3, -0.25) is 9.78 Å². The van der Waals surface area contributed by atoms with Gasteiger partial charge in [-0.2, -0.15) is 0 Å². The fourth-order valence-electron chi connectivity index (χ4n) is 2.61. The fourth-order valence-corrected chi connectivity index (χ4v) is 2.61. The second kappa shape index (κ2) is 7.40. The van der Waals surface area contributed by atoms with Gasteiger partial charge in [0.1, 0.15) is 5.60 Å².